The highest BCUT2D eigenvalue weighted by molar-refractivity contribution is 5.64. The second-order valence-electron chi connectivity index (χ2n) is 5.96. The second kappa shape index (κ2) is 5.20. The molecule has 0 saturated heterocycles. The summed E-state index contributed by atoms with van der Waals surface area (Å²) in [5.41, 5.74) is 12.3. The van der Waals surface area contributed by atoms with E-state index in [2.05, 4.69) is 55.1 Å². The maximum Gasteiger partial charge on any atom is 0.0429 e. The molecule has 2 nitrogen and oxygen atoms in total. The minimum atomic E-state index is 0.594. The topological polar surface area (TPSA) is 29.3 Å². The van der Waals surface area contributed by atoms with Crippen LogP contribution in [0.25, 0.3) is 0 Å². The first-order valence-electron chi connectivity index (χ1n) is 7.35. The number of hydrogen-bond acceptors (Lipinski definition) is 2. The minimum absolute atomic E-state index is 0.594. The van der Waals surface area contributed by atoms with Crippen LogP contribution in [-0.4, -0.2) is 6.54 Å². The zero-order valence-electron chi connectivity index (χ0n) is 12.3. The molecule has 2 aromatic carbocycles. The lowest BCUT2D eigenvalue weighted by atomic mass is 10.0. The molecule has 0 bridgehead atoms. The van der Waals surface area contributed by atoms with Crippen molar-refractivity contribution in [2.24, 2.45) is 0 Å². The predicted molar refractivity (Wildman–Crippen MR) is 86.1 cm³/mol. The summed E-state index contributed by atoms with van der Waals surface area (Å²) in [5.74, 6) is 0.594. The van der Waals surface area contributed by atoms with Gasteiger partial charge in [0.05, 0.1) is 0 Å². The van der Waals surface area contributed by atoms with E-state index in [4.69, 9.17) is 5.73 Å². The molecular weight excluding hydrogens is 244 g/mol. The molecule has 104 valence electrons. The lowest BCUT2D eigenvalue weighted by Gasteiger charge is -2.20. The van der Waals surface area contributed by atoms with E-state index in [-0.39, 0.29) is 0 Å². The van der Waals surface area contributed by atoms with E-state index >= 15 is 0 Å². The van der Waals surface area contributed by atoms with Gasteiger partial charge in [-0.25, -0.2) is 0 Å². The molecule has 0 aliphatic carbocycles. The molecule has 0 aromatic heterocycles. The molecule has 0 spiro atoms. The van der Waals surface area contributed by atoms with Gasteiger partial charge < -0.3 is 10.6 Å². The summed E-state index contributed by atoms with van der Waals surface area (Å²) >= 11 is 0. The van der Waals surface area contributed by atoms with E-state index in [0.717, 1.165) is 25.2 Å². The van der Waals surface area contributed by atoms with Crippen molar-refractivity contribution >= 4 is 11.4 Å². The Morgan fingerprint density at radius 1 is 1.10 bits per heavy atom. The highest BCUT2D eigenvalue weighted by Gasteiger charge is 2.19. The number of nitrogen functional groups attached to an aromatic ring is 1. The average molecular weight is 266 g/mol. The fraction of sp³-hybridized carbons (Fsp3) is 0.333. The van der Waals surface area contributed by atoms with Crippen molar-refractivity contribution in [2.45, 2.75) is 32.7 Å². The molecular formula is C18H22N2. The lowest BCUT2D eigenvalue weighted by molar-refractivity contribution is 0.830. The van der Waals surface area contributed by atoms with E-state index < -0.39 is 0 Å². The van der Waals surface area contributed by atoms with Crippen LogP contribution >= 0.6 is 0 Å². The largest absolute Gasteiger partial charge is 0.399 e. The van der Waals surface area contributed by atoms with E-state index in [1.807, 2.05) is 6.07 Å². The highest BCUT2D eigenvalue weighted by Crippen LogP contribution is 2.31. The monoisotopic (exact) mass is 266 g/mol. The zero-order valence-corrected chi connectivity index (χ0v) is 12.3. The van der Waals surface area contributed by atoms with Gasteiger partial charge in [-0.3, -0.25) is 0 Å². The van der Waals surface area contributed by atoms with Gasteiger partial charge >= 0.3 is 0 Å². The quantitative estimate of drug-likeness (QED) is 0.852. The lowest BCUT2D eigenvalue weighted by Crippen LogP contribution is -2.19. The van der Waals surface area contributed by atoms with Crippen molar-refractivity contribution in [1.29, 1.82) is 0 Å². The third kappa shape index (κ3) is 2.51. The maximum atomic E-state index is 5.91. The van der Waals surface area contributed by atoms with Gasteiger partial charge in [0.2, 0.25) is 0 Å². The Morgan fingerprint density at radius 3 is 2.55 bits per heavy atom. The maximum absolute atomic E-state index is 5.91. The first-order chi connectivity index (χ1) is 9.63. The SMILES string of the molecule is CC(C)c1ccc(CN2CCc3ccc(N)cc32)cc1. The molecule has 3 rings (SSSR count). The number of benzene rings is 2. The van der Waals surface area contributed by atoms with Crippen molar-refractivity contribution in [1.82, 2.24) is 0 Å². The number of rotatable bonds is 3. The van der Waals surface area contributed by atoms with Crippen molar-refractivity contribution in [3.8, 4) is 0 Å². The molecule has 0 atom stereocenters. The number of anilines is 2. The van der Waals surface area contributed by atoms with Crippen LogP contribution in [0.2, 0.25) is 0 Å². The van der Waals surface area contributed by atoms with Crippen LogP contribution in [-0.2, 0) is 13.0 Å². The Bertz CT molecular complexity index is 599. The normalized spacial score (nSPS) is 13.8. The standard InChI is InChI=1S/C18H22N2/c1-13(2)15-5-3-14(4-6-15)12-20-10-9-16-7-8-17(19)11-18(16)20/h3-8,11,13H,9-10,12,19H2,1-2H3. The Hall–Kier alpha value is -1.96. The van der Waals surface area contributed by atoms with E-state index in [1.54, 1.807) is 0 Å². The van der Waals surface area contributed by atoms with E-state index in [0.29, 0.717) is 5.92 Å². The van der Waals surface area contributed by atoms with E-state index in [9.17, 15) is 0 Å². The first kappa shape index (κ1) is 13.0. The van der Waals surface area contributed by atoms with Crippen LogP contribution in [0.3, 0.4) is 0 Å². The van der Waals surface area contributed by atoms with Gasteiger partial charge in [-0.1, -0.05) is 44.2 Å². The van der Waals surface area contributed by atoms with Crippen LogP contribution in [0.15, 0.2) is 42.5 Å². The first-order valence-corrected chi connectivity index (χ1v) is 7.35. The predicted octanol–water partition coefficient (Wildman–Crippen LogP) is 3.95. The Balaban J connectivity index is 1.78. The summed E-state index contributed by atoms with van der Waals surface area (Å²) in [6.45, 7) is 6.52. The molecule has 2 aromatic rings. The van der Waals surface area contributed by atoms with Gasteiger partial charge in [-0.2, -0.15) is 0 Å². The van der Waals surface area contributed by atoms with Crippen LogP contribution in [0.5, 0.6) is 0 Å². The average Bonchev–Trinajstić information content (AvgIpc) is 2.82. The van der Waals surface area contributed by atoms with Gasteiger partial charge in [-0.15, -0.1) is 0 Å². The molecule has 0 saturated carbocycles. The molecule has 20 heavy (non-hydrogen) atoms. The molecule has 1 heterocycles. The summed E-state index contributed by atoms with van der Waals surface area (Å²) in [4.78, 5) is 2.43. The molecule has 0 amide bonds. The van der Waals surface area contributed by atoms with Gasteiger partial charge in [0.1, 0.15) is 0 Å². The number of hydrogen-bond donors (Lipinski definition) is 1. The van der Waals surface area contributed by atoms with Crippen LogP contribution < -0.4 is 10.6 Å². The van der Waals surface area contributed by atoms with Crippen LogP contribution in [0, 0.1) is 0 Å². The molecule has 1 aliphatic rings. The molecule has 0 radical (unpaired) electrons. The summed E-state index contributed by atoms with van der Waals surface area (Å²) in [7, 11) is 0. The van der Waals surface area contributed by atoms with Crippen molar-refractivity contribution < 1.29 is 0 Å². The fourth-order valence-corrected chi connectivity index (χ4v) is 2.86. The van der Waals surface area contributed by atoms with Crippen molar-refractivity contribution in [3.63, 3.8) is 0 Å². The molecule has 0 unspecified atom stereocenters. The molecule has 1 aliphatic heterocycles. The number of fused-ring (bicyclic) bond motifs is 1. The third-order valence-corrected chi connectivity index (χ3v) is 4.12. The third-order valence-electron chi connectivity index (χ3n) is 4.12. The van der Waals surface area contributed by atoms with Gasteiger partial charge in [0, 0.05) is 24.5 Å². The Labute approximate surface area is 121 Å². The summed E-state index contributed by atoms with van der Waals surface area (Å²) in [6, 6.07) is 15.3. The van der Waals surface area contributed by atoms with Gasteiger partial charge in [-0.05, 0) is 41.2 Å². The molecule has 0 fully saturated rings. The molecule has 2 heteroatoms. The number of nitrogens with zero attached hydrogens (tertiary/aromatic N) is 1. The molecule has 2 N–H and O–H groups in total. The second-order valence-corrected chi connectivity index (χ2v) is 5.96. The van der Waals surface area contributed by atoms with Crippen molar-refractivity contribution in [2.75, 3.05) is 17.2 Å². The fourth-order valence-electron chi connectivity index (χ4n) is 2.86. The Kier molecular flexibility index (Phi) is 3.39. The van der Waals surface area contributed by atoms with E-state index in [1.165, 1.54) is 22.4 Å². The summed E-state index contributed by atoms with van der Waals surface area (Å²) in [5, 5.41) is 0. The summed E-state index contributed by atoms with van der Waals surface area (Å²) < 4.78 is 0. The van der Waals surface area contributed by atoms with Crippen LogP contribution in [0.1, 0.15) is 36.5 Å². The minimum Gasteiger partial charge on any atom is -0.399 e. The van der Waals surface area contributed by atoms with Gasteiger partial charge in [0.15, 0.2) is 0 Å². The zero-order chi connectivity index (χ0) is 14.1. The van der Waals surface area contributed by atoms with Crippen molar-refractivity contribution in [3.05, 3.63) is 59.2 Å². The van der Waals surface area contributed by atoms with Crippen LogP contribution in [0.4, 0.5) is 11.4 Å². The van der Waals surface area contributed by atoms with Gasteiger partial charge in [0.25, 0.3) is 0 Å². The smallest absolute Gasteiger partial charge is 0.0429 e. The summed E-state index contributed by atoms with van der Waals surface area (Å²) in [6.07, 6.45) is 1.12. The highest BCUT2D eigenvalue weighted by atomic mass is 15.1. The Morgan fingerprint density at radius 2 is 1.85 bits per heavy atom. The number of nitrogens with two attached hydrogens (primary N) is 1.